The Balaban J connectivity index is 1.42. The van der Waals surface area contributed by atoms with Crippen LogP contribution in [0.25, 0.3) is 16.7 Å². The third-order valence-corrected chi connectivity index (χ3v) is 8.10. The van der Waals surface area contributed by atoms with Crippen molar-refractivity contribution in [1.29, 1.82) is 0 Å². The zero-order valence-electron chi connectivity index (χ0n) is 21.6. The van der Waals surface area contributed by atoms with Crippen molar-refractivity contribution in [1.82, 2.24) is 25.1 Å². The van der Waals surface area contributed by atoms with Crippen LogP contribution in [0.3, 0.4) is 0 Å². The van der Waals surface area contributed by atoms with E-state index in [1.807, 2.05) is 40.8 Å². The van der Waals surface area contributed by atoms with Crippen molar-refractivity contribution in [3.8, 4) is 5.82 Å². The van der Waals surface area contributed by atoms with Gasteiger partial charge in [-0.05, 0) is 87.5 Å². The molecular formula is C29H36FN5O2. The van der Waals surface area contributed by atoms with E-state index in [2.05, 4.69) is 15.6 Å². The first-order chi connectivity index (χ1) is 18.0. The molecule has 2 aliphatic rings. The first-order valence-corrected chi connectivity index (χ1v) is 13.5. The molecule has 0 radical (unpaired) electrons. The molecule has 1 saturated carbocycles. The van der Waals surface area contributed by atoms with Gasteiger partial charge >= 0.3 is 0 Å². The van der Waals surface area contributed by atoms with E-state index in [1.54, 1.807) is 19.3 Å². The van der Waals surface area contributed by atoms with Crippen LogP contribution in [-0.2, 0) is 9.59 Å². The largest absolute Gasteiger partial charge is 0.343 e. The number of aromatic nitrogens is 2. The molecule has 3 aromatic rings. The van der Waals surface area contributed by atoms with Crippen LogP contribution in [0.2, 0.25) is 0 Å². The van der Waals surface area contributed by atoms with E-state index < -0.39 is 6.04 Å². The highest BCUT2D eigenvalue weighted by Crippen LogP contribution is 2.35. The van der Waals surface area contributed by atoms with Gasteiger partial charge in [-0.15, -0.1) is 0 Å². The van der Waals surface area contributed by atoms with Gasteiger partial charge in [0.2, 0.25) is 11.8 Å². The molecule has 196 valence electrons. The van der Waals surface area contributed by atoms with Crippen LogP contribution in [0.4, 0.5) is 4.39 Å². The summed E-state index contributed by atoms with van der Waals surface area (Å²) in [6.07, 6.45) is 10.7. The Kier molecular flexibility index (Phi) is 7.55. The number of nitrogens with zero attached hydrogens (tertiary/aromatic N) is 3. The van der Waals surface area contributed by atoms with Crippen molar-refractivity contribution in [3.63, 3.8) is 0 Å². The predicted molar refractivity (Wildman–Crippen MR) is 142 cm³/mol. The molecular weight excluding hydrogens is 469 g/mol. The number of carbonyl (C=O) groups is 2. The second-order valence-electron chi connectivity index (χ2n) is 10.4. The Morgan fingerprint density at radius 2 is 1.86 bits per heavy atom. The zero-order valence-corrected chi connectivity index (χ0v) is 21.6. The zero-order chi connectivity index (χ0) is 25.9. The summed E-state index contributed by atoms with van der Waals surface area (Å²) in [5, 5.41) is 7.02. The van der Waals surface area contributed by atoms with Gasteiger partial charge in [-0.25, -0.2) is 9.37 Å². The molecule has 3 atom stereocenters. The number of likely N-dealkylation sites (N-methyl/N-ethyl adjacent to an activating group) is 1. The van der Waals surface area contributed by atoms with Gasteiger partial charge in [0.15, 0.2) is 0 Å². The first kappa shape index (κ1) is 25.4. The summed E-state index contributed by atoms with van der Waals surface area (Å²) in [5.74, 6) is 0.430. The lowest BCUT2D eigenvalue weighted by atomic mass is 9.83. The average molecular weight is 506 g/mol. The molecule has 37 heavy (non-hydrogen) atoms. The van der Waals surface area contributed by atoms with Crippen LogP contribution < -0.4 is 10.6 Å². The van der Waals surface area contributed by atoms with Crippen molar-refractivity contribution in [2.75, 3.05) is 13.6 Å². The Hall–Kier alpha value is -3.26. The second-order valence-corrected chi connectivity index (χ2v) is 10.4. The standard InChI is InChI=1S/C29H36FN5O2/c1-19(31-2)28(36)33-27(21-7-4-3-5-8-21)29(37)35-15-6-9-24(35)22-12-14-32-26(17-22)34-16-13-20-10-11-23(30)18-25(20)34/h10-14,16-19,21,24,27,31H,3-9,15H2,1-2H3,(H,33,36)/t19-,24-,27-/m0/s1. The predicted octanol–water partition coefficient (Wildman–Crippen LogP) is 4.50. The molecule has 1 saturated heterocycles. The third kappa shape index (κ3) is 5.25. The van der Waals surface area contributed by atoms with Crippen molar-refractivity contribution >= 4 is 22.7 Å². The number of hydrogen-bond donors (Lipinski definition) is 2. The fourth-order valence-corrected chi connectivity index (χ4v) is 5.89. The van der Waals surface area contributed by atoms with E-state index in [0.717, 1.165) is 55.0 Å². The molecule has 5 rings (SSSR count). The summed E-state index contributed by atoms with van der Waals surface area (Å²) in [7, 11) is 1.75. The average Bonchev–Trinajstić information content (AvgIpc) is 3.59. The smallest absolute Gasteiger partial charge is 0.245 e. The maximum Gasteiger partial charge on any atom is 0.245 e. The summed E-state index contributed by atoms with van der Waals surface area (Å²) < 4.78 is 15.8. The molecule has 0 bridgehead atoms. The van der Waals surface area contributed by atoms with Gasteiger partial charge in [-0.3, -0.25) is 9.59 Å². The molecule has 0 spiro atoms. The summed E-state index contributed by atoms with van der Waals surface area (Å²) in [4.78, 5) is 33.4. The number of fused-ring (bicyclic) bond motifs is 1. The normalized spacial score (nSPS) is 20.2. The van der Waals surface area contributed by atoms with E-state index in [-0.39, 0.29) is 35.6 Å². The highest BCUT2D eigenvalue weighted by Gasteiger charge is 2.39. The van der Waals surface area contributed by atoms with Gasteiger partial charge in [-0.1, -0.05) is 19.3 Å². The van der Waals surface area contributed by atoms with Crippen molar-refractivity contribution in [2.24, 2.45) is 5.92 Å². The van der Waals surface area contributed by atoms with Crippen molar-refractivity contribution in [3.05, 3.63) is 60.2 Å². The number of rotatable bonds is 7. The van der Waals surface area contributed by atoms with Crippen LogP contribution in [0.5, 0.6) is 0 Å². The topological polar surface area (TPSA) is 79.3 Å². The van der Waals surface area contributed by atoms with Crippen LogP contribution in [0.15, 0.2) is 48.8 Å². The number of hydrogen-bond acceptors (Lipinski definition) is 4. The van der Waals surface area contributed by atoms with E-state index >= 15 is 0 Å². The molecule has 2 aromatic heterocycles. The van der Waals surface area contributed by atoms with Gasteiger partial charge in [0.25, 0.3) is 0 Å². The van der Waals surface area contributed by atoms with Crippen LogP contribution in [0, 0.1) is 11.7 Å². The summed E-state index contributed by atoms with van der Waals surface area (Å²) in [6.45, 7) is 2.48. The van der Waals surface area contributed by atoms with Gasteiger partial charge in [0.05, 0.1) is 17.6 Å². The Bertz CT molecular complexity index is 1270. The Morgan fingerprint density at radius 1 is 1.05 bits per heavy atom. The van der Waals surface area contributed by atoms with Crippen molar-refractivity contribution < 1.29 is 14.0 Å². The maximum absolute atomic E-state index is 14.0. The van der Waals surface area contributed by atoms with Gasteiger partial charge in [-0.2, -0.15) is 0 Å². The highest BCUT2D eigenvalue weighted by molar-refractivity contribution is 5.90. The quantitative estimate of drug-likeness (QED) is 0.496. The minimum Gasteiger partial charge on any atom is -0.343 e. The van der Waals surface area contributed by atoms with Crippen LogP contribution >= 0.6 is 0 Å². The minimum absolute atomic E-state index is 0.0119. The highest BCUT2D eigenvalue weighted by atomic mass is 19.1. The van der Waals surface area contributed by atoms with E-state index in [9.17, 15) is 14.0 Å². The number of halogens is 1. The fourth-order valence-electron chi connectivity index (χ4n) is 5.89. The molecule has 7 nitrogen and oxygen atoms in total. The monoisotopic (exact) mass is 505 g/mol. The second kappa shape index (κ2) is 11.0. The van der Waals surface area contributed by atoms with Crippen LogP contribution in [0.1, 0.15) is 63.5 Å². The number of carbonyl (C=O) groups excluding carboxylic acids is 2. The molecule has 1 aliphatic heterocycles. The molecule has 1 aliphatic carbocycles. The molecule has 2 amide bonds. The summed E-state index contributed by atoms with van der Waals surface area (Å²) >= 11 is 0. The van der Waals surface area contributed by atoms with Crippen molar-refractivity contribution in [2.45, 2.75) is 70.0 Å². The van der Waals surface area contributed by atoms with E-state index in [1.165, 1.54) is 18.6 Å². The molecule has 2 N–H and O–H groups in total. The molecule has 8 heteroatoms. The van der Waals surface area contributed by atoms with Gasteiger partial charge < -0.3 is 20.1 Å². The number of amides is 2. The van der Waals surface area contributed by atoms with Gasteiger partial charge in [0, 0.05) is 24.3 Å². The summed E-state index contributed by atoms with van der Waals surface area (Å²) in [6, 6.07) is 9.67. The molecule has 0 unspecified atom stereocenters. The first-order valence-electron chi connectivity index (χ1n) is 13.5. The molecule has 1 aromatic carbocycles. The number of pyridine rings is 1. The number of benzene rings is 1. The lowest BCUT2D eigenvalue weighted by Crippen LogP contribution is -2.55. The van der Waals surface area contributed by atoms with E-state index in [0.29, 0.717) is 12.4 Å². The van der Waals surface area contributed by atoms with Crippen LogP contribution in [-0.4, -0.2) is 51.9 Å². The number of likely N-dealkylation sites (tertiary alicyclic amines) is 1. The molecule has 2 fully saturated rings. The number of nitrogens with one attached hydrogen (secondary N) is 2. The Labute approximate surface area is 217 Å². The summed E-state index contributed by atoms with van der Waals surface area (Å²) in [5.41, 5.74) is 1.76. The lowest BCUT2D eigenvalue weighted by Gasteiger charge is -2.35. The lowest BCUT2D eigenvalue weighted by molar-refractivity contribution is -0.139. The van der Waals surface area contributed by atoms with Gasteiger partial charge in [0.1, 0.15) is 17.7 Å². The van der Waals surface area contributed by atoms with E-state index in [4.69, 9.17) is 0 Å². The maximum atomic E-state index is 14.0. The fraction of sp³-hybridized carbons (Fsp3) is 0.483. The Morgan fingerprint density at radius 3 is 2.65 bits per heavy atom. The third-order valence-electron chi connectivity index (χ3n) is 8.10. The SMILES string of the molecule is CN[C@@H](C)C(=O)N[C@H](C(=O)N1CCC[C@H]1c1ccnc(-n2ccc3ccc(F)cc32)c1)C1CCCCC1. The molecule has 3 heterocycles. The minimum atomic E-state index is -0.512.